The number of rotatable bonds is 3. The summed E-state index contributed by atoms with van der Waals surface area (Å²) in [5.74, 6) is 1.29. The molecule has 0 aliphatic heterocycles. The van der Waals surface area contributed by atoms with E-state index in [2.05, 4.69) is 15.1 Å². The minimum Gasteiger partial charge on any atom is -0.338 e. The van der Waals surface area contributed by atoms with E-state index < -0.39 is 0 Å². The molecule has 1 aliphatic carbocycles. The van der Waals surface area contributed by atoms with Crippen LogP contribution in [0.15, 0.2) is 29.0 Å². The lowest BCUT2D eigenvalue weighted by molar-refractivity contribution is 0.220. The molecule has 0 unspecified atom stereocenters. The number of nitrogens with zero attached hydrogens (tertiary/aromatic N) is 3. The number of aromatic nitrogens is 3. The maximum atomic E-state index is 5.98. The van der Waals surface area contributed by atoms with Crippen molar-refractivity contribution >= 4 is 0 Å². The highest BCUT2D eigenvalue weighted by Crippen LogP contribution is 2.38. The molecular formula is C14H18N4O. The number of hydrogen-bond acceptors (Lipinski definition) is 5. The van der Waals surface area contributed by atoms with Gasteiger partial charge >= 0.3 is 0 Å². The summed E-state index contributed by atoms with van der Waals surface area (Å²) in [6, 6.07) is 3.79. The van der Waals surface area contributed by atoms with Gasteiger partial charge in [-0.3, -0.25) is 4.98 Å². The maximum Gasteiger partial charge on any atom is 0.234 e. The Hall–Kier alpha value is -1.75. The molecular weight excluding hydrogens is 240 g/mol. The van der Waals surface area contributed by atoms with E-state index in [4.69, 9.17) is 10.3 Å². The van der Waals surface area contributed by atoms with Gasteiger partial charge in [0.15, 0.2) is 0 Å². The summed E-state index contributed by atoms with van der Waals surface area (Å²) >= 11 is 0. The van der Waals surface area contributed by atoms with Gasteiger partial charge in [0.25, 0.3) is 0 Å². The Bertz CT molecular complexity index is 531. The van der Waals surface area contributed by atoms with Crippen molar-refractivity contribution in [3.8, 4) is 11.4 Å². The summed E-state index contributed by atoms with van der Waals surface area (Å²) < 4.78 is 5.48. The molecule has 1 aliphatic rings. The number of hydrogen-bond donors (Lipinski definition) is 1. The Balaban J connectivity index is 1.92. The quantitative estimate of drug-likeness (QED) is 0.913. The van der Waals surface area contributed by atoms with E-state index in [1.165, 1.54) is 19.3 Å². The predicted molar refractivity (Wildman–Crippen MR) is 71.3 cm³/mol. The molecule has 1 saturated carbocycles. The van der Waals surface area contributed by atoms with Gasteiger partial charge in [-0.2, -0.15) is 4.98 Å². The van der Waals surface area contributed by atoms with Crippen molar-refractivity contribution in [1.29, 1.82) is 0 Å². The summed E-state index contributed by atoms with van der Waals surface area (Å²) in [4.78, 5) is 8.62. The highest BCUT2D eigenvalue weighted by atomic mass is 16.5. The molecule has 0 spiro atoms. The summed E-state index contributed by atoms with van der Waals surface area (Å²) in [5, 5.41) is 4.07. The van der Waals surface area contributed by atoms with E-state index in [1.54, 1.807) is 12.4 Å². The van der Waals surface area contributed by atoms with Crippen molar-refractivity contribution in [3.05, 3.63) is 30.4 Å². The summed E-state index contributed by atoms with van der Waals surface area (Å²) in [6.07, 6.45) is 9.18. The molecule has 19 heavy (non-hydrogen) atoms. The lowest BCUT2D eigenvalue weighted by Crippen LogP contribution is -2.37. The van der Waals surface area contributed by atoms with Crippen molar-refractivity contribution in [3.63, 3.8) is 0 Å². The van der Waals surface area contributed by atoms with Gasteiger partial charge in [0.05, 0.1) is 5.41 Å². The smallest absolute Gasteiger partial charge is 0.234 e. The topological polar surface area (TPSA) is 77.8 Å². The fourth-order valence-electron chi connectivity index (χ4n) is 2.79. The lowest BCUT2D eigenvalue weighted by Gasteiger charge is -2.32. The van der Waals surface area contributed by atoms with Gasteiger partial charge < -0.3 is 10.3 Å². The monoisotopic (exact) mass is 258 g/mol. The Morgan fingerprint density at radius 3 is 2.79 bits per heavy atom. The van der Waals surface area contributed by atoms with Gasteiger partial charge in [-0.15, -0.1) is 0 Å². The minimum atomic E-state index is -0.119. The first kappa shape index (κ1) is 12.3. The predicted octanol–water partition coefficient (Wildman–Crippen LogP) is 2.29. The first-order valence-corrected chi connectivity index (χ1v) is 6.79. The fraction of sp³-hybridized carbons (Fsp3) is 0.500. The molecule has 0 saturated heterocycles. The Labute approximate surface area is 112 Å². The van der Waals surface area contributed by atoms with Crippen molar-refractivity contribution in [2.24, 2.45) is 5.73 Å². The molecule has 2 aromatic heterocycles. The van der Waals surface area contributed by atoms with E-state index in [0.29, 0.717) is 18.3 Å². The van der Waals surface area contributed by atoms with Crippen LogP contribution in [-0.2, 0) is 5.41 Å². The number of nitrogens with two attached hydrogens (primary N) is 1. The third kappa shape index (κ3) is 2.26. The van der Waals surface area contributed by atoms with E-state index in [0.717, 1.165) is 18.4 Å². The number of pyridine rings is 1. The van der Waals surface area contributed by atoms with Gasteiger partial charge in [0, 0.05) is 24.5 Å². The standard InChI is InChI=1S/C14H18N4O/c15-10-14(6-2-1-3-7-14)13-17-12(18-19-13)11-5-4-8-16-9-11/h4-5,8-9H,1-3,6-7,10,15H2. The average molecular weight is 258 g/mol. The summed E-state index contributed by atoms with van der Waals surface area (Å²) in [5.41, 5.74) is 6.73. The molecule has 0 radical (unpaired) electrons. The Morgan fingerprint density at radius 1 is 1.26 bits per heavy atom. The Morgan fingerprint density at radius 2 is 2.11 bits per heavy atom. The zero-order valence-electron chi connectivity index (χ0n) is 10.9. The normalized spacial score (nSPS) is 18.4. The second kappa shape index (κ2) is 5.09. The molecule has 100 valence electrons. The highest BCUT2D eigenvalue weighted by molar-refractivity contribution is 5.52. The maximum absolute atomic E-state index is 5.98. The molecule has 5 heteroatoms. The first-order chi connectivity index (χ1) is 9.34. The van der Waals surface area contributed by atoms with Gasteiger partial charge in [-0.25, -0.2) is 0 Å². The van der Waals surface area contributed by atoms with Crippen LogP contribution in [0.25, 0.3) is 11.4 Å². The van der Waals surface area contributed by atoms with Crippen molar-refractivity contribution < 1.29 is 4.52 Å². The van der Waals surface area contributed by atoms with Crippen molar-refractivity contribution in [2.75, 3.05) is 6.54 Å². The van der Waals surface area contributed by atoms with Crippen LogP contribution in [0.5, 0.6) is 0 Å². The van der Waals surface area contributed by atoms with Gasteiger partial charge in [-0.05, 0) is 25.0 Å². The van der Waals surface area contributed by atoms with Crippen LogP contribution in [0.4, 0.5) is 0 Å². The van der Waals surface area contributed by atoms with Crippen LogP contribution < -0.4 is 5.73 Å². The molecule has 0 aromatic carbocycles. The molecule has 2 heterocycles. The van der Waals surface area contributed by atoms with Crippen molar-refractivity contribution in [1.82, 2.24) is 15.1 Å². The molecule has 1 fully saturated rings. The van der Waals surface area contributed by atoms with E-state index in [1.807, 2.05) is 12.1 Å². The van der Waals surface area contributed by atoms with Crippen LogP contribution >= 0.6 is 0 Å². The second-order valence-corrected chi connectivity index (χ2v) is 5.21. The second-order valence-electron chi connectivity index (χ2n) is 5.21. The third-order valence-corrected chi connectivity index (χ3v) is 4.00. The zero-order chi connectivity index (χ0) is 13.1. The minimum absolute atomic E-state index is 0.119. The molecule has 2 N–H and O–H groups in total. The third-order valence-electron chi connectivity index (χ3n) is 4.00. The zero-order valence-corrected chi connectivity index (χ0v) is 10.9. The largest absolute Gasteiger partial charge is 0.338 e. The van der Waals surface area contributed by atoms with Crippen LogP contribution in [0.2, 0.25) is 0 Å². The average Bonchev–Trinajstić information content (AvgIpc) is 2.99. The van der Waals surface area contributed by atoms with Crippen LogP contribution in [0.3, 0.4) is 0 Å². The molecule has 5 nitrogen and oxygen atoms in total. The van der Waals surface area contributed by atoms with E-state index >= 15 is 0 Å². The SMILES string of the molecule is NCC1(c2nc(-c3cccnc3)no2)CCCCC1. The summed E-state index contributed by atoms with van der Waals surface area (Å²) in [6.45, 7) is 0.571. The molecule has 3 rings (SSSR count). The van der Waals surface area contributed by atoms with Crippen molar-refractivity contribution in [2.45, 2.75) is 37.5 Å². The van der Waals surface area contributed by atoms with E-state index in [-0.39, 0.29) is 5.41 Å². The van der Waals surface area contributed by atoms with Crippen LogP contribution in [0, 0.1) is 0 Å². The summed E-state index contributed by atoms with van der Waals surface area (Å²) in [7, 11) is 0. The molecule has 0 atom stereocenters. The van der Waals surface area contributed by atoms with Crippen LogP contribution in [-0.4, -0.2) is 21.7 Å². The van der Waals surface area contributed by atoms with Gasteiger partial charge in [0.1, 0.15) is 0 Å². The van der Waals surface area contributed by atoms with Gasteiger partial charge in [0.2, 0.25) is 11.7 Å². The molecule has 0 bridgehead atoms. The lowest BCUT2D eigenvalue weighted by atomic mass is 9.74. The Kier molecular flexibility index (Phi) is 3.29. The molecule has 0 amide bonds. The van der Waals surface area contributed by atoms with Crippen LogP contribution in [0.1, 0.15) is 38.0 Å². The highest BCUT2D eigenvalue weighted by Gasteiger charge is 2.38. The van der Waals surface area contributed by atoms with Gasteiger partial charge in [-0.1, -0.05) is 24.4 Å². The molecule has 2 aromatic rings. The fourth-order valence-corrected chi connectivity index (χ4v) is 2.79. The first-order valence-electron chi connectivity index (χ1n) is 6.79. The van der Waals surface area contributed by atoms with E-state index in [9.17, 15) is 0 Å².